The zero-order valence-electron chi connectivity index (χ0n) is 19.3. The van der Waals surface area contributed by atoms with E-state index in [2.05, 4.69) is 4.98 Å². The number of anilines is 1. The molecule has 0 aliphatic carbocycles. The zero-order chi connectivity index (χ0) is 24.2. The van der Waals surface area contributed by atoms with Crippen molar-refractivity contribution >= 4 is 32.6 Å². The van der Waals surface area contributed by atoms with E-state index in [1.165, 1.54) is 11.3 Å². The monoisotopic (exact) mass is 481 g/mol. The van der Waals surface area contributed by atoms with Gasteiger partial charge in [-0.05, 0) is 47.0 Å². The predicted octanol–water partition coefficient (Wildman–Crippen LogP) is 6.22. The molecule has 174 valence electrons. The van der Waals surface area contributed by atoms with Gasteiger partial charge in [-0.3, -0.25) is 14.7 Å². The summed E-state index contributed by atoms with van der Waals surface area (Å²) in [6, 6.07) is 25.2. The first-order chi connectivity index (χ1) is 17.2. The molecule has 0 bridgehead atoms. The first kappa shape index (κ1) is 22.6. The van der Waals surface area contributed by atoms with E-state index < -0.39 is 0 Å². The summed E-state index contributed by atoms with van der Waals surface area (Å²) in [5, 5.41) is 0.559. The molecule has 0 saturated heterocycles. The first-order valence-corrected chi connectivity index (χ1v) is 11.9. The summed E-state index contributed by atoms with van der Waals surface area (Å²) in [5.74, 6) is 1.17. The van der Waals surface area contributed by atoms with Gasteiger partial charge in [-0.2, -0.15) is 0 Å². The molecule has 0 aliphatic heterocycles. The van der Waals surface area contributed by atoms with Gasteiger partial charge in [-0.15, -0.1) is 0 Å². The Morgan fingerprint density at radius 3 is 2.26 bits per heavy atom. The summed E-state index contributed by atoms with van der Waals surface area (Å²) in [6.45, 7) is 0.331. The predicted molar refractivity (Wildman–Crippen MR) is 139 cm³/mol. The molecule has 0 saturated carbocycles. The Kier molecular flexibility index (Phi) is 6.41. The Balaban J connectivity index is 1.55. The van der Waals surface area contributed by atoms with Crippen molar-refractivity contribution in [1.29, 1.82) is 0 Å². The highest BCUT2D eigenvalue weighted by molar-refractivity contribution is 7.22. The van der Waals surface area contributed by atoms with E-state index in [1.807, 2.05) is 78.9 Å². The average Bonchev–Trinajstić information content (AvgIpc) is 3.37. The van der Waals surface area contributed by atoms with Crippen molar-refractivity contribution in [2.75, 3.05) is 19.1 Å². The number of aromatic nitrogens is 2. The summed E-state index contributed by atoms with van der Waals surface area (Å²) < 4.78 is 11.9. The van der Waals surface area contributed by atoms with Crippen LogP contribution in [0, 0.1) is 0 Å². The number of benzene rings is 3. The molecule has 7 heteroatoms. The van der Waals surface area contributed by atoms with Gasteiger partial charge in [-0.25, -0.2) is 4.98 Å². The number of carbonyl (C=O) groups is 1. The van der Waals surface area contributed by atoms with E-state index in [0.29, 0.717) is 34.3 Å². The molecule has 35 heavy (non-hydrogen) atoms. The van der Waals surface area contributed by atoms with Gasteiger partial charge < -0.3 is 9.47 Å². The minimum atomic E-state index is -0.148. The van der Waals surface area contributed by atoms with E-state index in [9.17, 15) is 4.79 Å². The normalized spacial score (nSPS) is 10.8. The van der Waals surface area contributed by atoms with Gasteiger partial charge in [0.05, 0.1) is 20.8 Å². The van der Waals surface area contributed by atoms with Crippen molar-refractivity contribution in [2.24, 2.45) is 0 Å². The number of nitrogens with zero attached hydrogens (tertiary/aromatic N) is 3. The van der Waals surface area contributed by atoms with Crippen molar-refractivity contribution < 1.29 is 14.3 Å². The SMILES string of the molecule is COc1ccc(OC)c2sc(N(Cc3cccnc3)C(=O)c3ccc(-c4ccccc4)cc3)nc12. The number of methoxy groups -OCH3 is 2. The number of rotatable bonds is 7. The van der Waals surface area contributed by atoms with Crippen LogP contribution in [0.25, 0.3) is 21.3 Å². The quantitative estimate of drug-likeness (QED) is 0.276. The van der Waals surface area contributed by atoms with Crippen LogP contribution in [0.3, 0.4) is 0 Å². The lowest BCUT2D eigenvalue weighted by Gasteiger charge is -2.20. The fraction of sp³-hybridized carbons (Fsp3) is 0.107. The summed E-state index contributed by atoms with van der Waals surface area (Å²) >= 11 is 1.40. The zero-order valence-corrected chi connectivity index (χ0v) is 20.2. The van der Waals surface area contributed by atoms with Crippen LogP contribution in [0.1, 0.15) is 15.9 Å². The van der Waals surface area contributed by atoms with Gasteiger partial charge in [0.1, 0.15) is 21.7 Å². The summed E-state index contributed by atoms with van der Waals surface area (Å²) in [4.78, 5) is 24.5. The van der Waals surface area contributed by atoms with Gasteiger partial charge in [0.15, 0.2) is 5.13 Å². The van der Waals surface area contributed by atoms with Crippen LogP contribution in [0.4, 0.5) is 5.13 Å². The third kappa shape index (κ3) is 4.58. The highest BCUT2D eigenvalue weighted by atomic mass is 32.1. The Morgan fingerprint density at radius 1 is 0.857 bits per heavy atom. The Morgan fingerprint density at radius 2 is 1.57 bits per heavy atom. The molecule has 5 aromatic rings. The molecule has 0 aliphatic rings. The van der Waals surface area contributed by atoms with Crippen LogP contribution in [-0.2, 0) is 6.54 Å². The lowest BCUT2D eigenvalue weighted by Crippen LogP contribution is -2.30. The average molecular weight is 482 g/mol. The van der Waals surface area contributed by atoms with Gasteiger partial charge >= 0.3 is 0 Å². The van der Waals surface area contributed by atoms with Crippen LogP contribution in [0.2, 0.25) is 0 Å². The van der Waals surface area contributed by atoms with Gasteiger partial charge in [-0.1, -0.05) is 59.9 Å². The molecule has 3 aromatic carbocycles. The molecule has 0 N–H and O–H groups in total. The van der Waals surface area contributed by atoms with Crippen LogP contribution in [-0.4, -0.2) is 30.1 Å². The standard InChI is InChI=1S/C28H23N3O3S/c1-33-23-14-15-24(34-2)26-25(23)30-28(35-26)31(18-19-7-6-16-29-17-19)27(32)22-12-10-21(11-13-22)20-8-4-3-5-9-20/h3-17H,18H2,1-2H3. The van der Waals surface area contributed by atoms with E-state index in [0.717, 1.165) is 21.4 Å². The Labute approximate surface area is 207 Å². The molecule has 0 atom stereocenters. The second kappa shape index (κ2) is 9.95. The largest absolute Gasteiger partial charge is 0.495 e. The molecule has 0 unspecified atom stereocenters. The Hall–Kier alpha value is -4.23. The molecule has 0 fully saturated rings. The van der Waals surface area contributed by atoms with Crippen LogP contribution in [0.15, 0.2) is 91.3 Å². The number of hydrogen-bond donors (Lipinski definition) is 0. The van der Waals surface area contributed by atoms with Crippen LogP contribution in [0.5, 0.6) is 11.5 Å². The van der Waals surface area contributed by atoms with Crippen molar-refractivity contribution in [3.63, 3.8) is 0 Å². The number of amides is 1. The minimum absolute atomic E-state index is 0.148. The van der Waals surface area contributed by atoms with Crippen LogP contribution >= 0.6 is 11.3 Å². The molecule has 5 rings (SSSR count). The maximum absolute atomic E-state index is 13.8. The van der Waals surface area contributed by atoms with Crippen molar-refractivity contribution in [3.05, 3.63) is 102 Å². The maximum atomic E-state index is 13.8. The third-order valence-electron chi connectivity index (χ3n) is 5.68. The molecular weight excluding hydrogens is 458 g/mol. The third-order valence-corrected chi connectivity index (χ3v) is 6.77. The van der Waals surface area contributed by atoms with Crippen molar-refractivity contribution in [2.45, 2.75) is 6.54 Å². The fourth-order valence-electron chi connectivity index (χ4n) is 3.88. The number of fused-ring (bicyclic) bond motifs is 1. The van der Waals surface area contributed by atoms with Gasteiger partial charge in [0, 0.05) is 18.0 Å². The Bertz CT molecular complexity index is 1410. The molecule has 0 radical (unpaired) electrons. The highest BCUT2D eigenvalue weighted by Crippen LogP contribution is 2.40. The van der Waals surface area contributed by atoms with Crippen LogP contribution < -0.4 is 14.4 Å². The number of hydrogen-bond acceptors (Lipinski definition) is 6. The van der Waals surface area contributed by atoms with Crippen molar-refractivity contribution in [3.8, 4) is 22.6 Å². The second-order valence-corrected chi connectivity index (χ2v) is 8.82. The van der Waals surface area contributed by atoms with E-state index >= 15 is 0 Å². The lowest BCUT2D eigenvalue weighted by molar-refractivity contribution is 0.0985. The van der Waals surface area contributed by atoms with E-state index in [4.69, 9.17) is 14.5 Å². The molecule has 2 aromatic heterocycles. The number of ether oxygens (including phenoxy) is 2. The summed E-state index contributed by atoms with van der Waals surface area (Å²) in [5.41, 5.74) is 4.29. The van der Waals surface area contributed by atoms with E-state index in [-0.39, 0.29) is 5.91 Å². The summed E-state index contributed by atoms with van der Waals surface area (Å²) in [7, 11) is 3.22. The number of carbonyl (C=O) groups excluding carboxylic acids is 1. The molecular formula is C28H23N3O3S. The van der Waals surface area contributed by atoms with Gasteiger partial charge in [0.2, 0.25) is 0 Å². The molecule has 6 nitrogen and oxygen atoms in total. The molecule has 2 heterocycles. The second-order valence-electron chi connectivity index (χ2n) is 7.84. The molecule has 1 amide bonds. The van der Waals surface area contributed by atoms with Gasteiger partial charge in [0.25, 0.3) is 5.91 Å². The first-order valence-electron chi connectivity index (χ1n) is 11.1. The fourth-order valence-corrected chi connectivity index (χ4v) is 4.95. The lowest BCUT2D eigenvalue weighted by atomic mass is 10.0. The number of thiazole rings is 1. The topological polar surface area (TPSA) is 64.6 Å². The molecule has 0 spiro atoms. The number of pyridine rings is 1. The highest BCUT2D eigenvalue weighted by Gasteiger charge is 2.24. The minimum Gasteiger partial charge on any atom is -0.495 e. The summed E-state index contributed by atoms with van der Waals surface area (Å²) in [6.07, 6.45) is 3.47. The van der Waals surface area contributed by atoms with E-state index in [1.54, 1.807) is 31.5 Å². The smallest absolute Gasteiger partial charge is 0.260 e. The maximum Gasteiger partial charge on any atom is 0.260 e. The van der Waals surface area contributed by atoms with Crippen molar-refractivity contribution in [1.82, 2.24) is 9.97 Å².